The molecule has 2 nitrogen and oxygen atoms in total. The molecule has 0 aromatic carbocycles. The van der Waals surface area contributed by atoms with E-state index in [-0.39, 0.29) is 0 Å². The molecule has 4 heteroatoms. The highest BCUT2D eigenvalue weighted by Gasteiger charge is 1.96. The van der Waals surface area contributed by atoms with Crippen LogP contribution in [0.25, 0.3) is 6.08 Å². The summed E-state index contributed by atoms with van der Waals surface area (Å²) in [6.07, 6.45) is 4.65. The van der Waals surface area contributed by atoms with Gasteiger partial charge in [-0.25, -0.2) is 4.98 Å². The van der Waals surface area contributed by atoms with Crippen LogP contribution in [0.15, 0.2) is 22.8 Å². The third kappa shape index (κ3) is 2.33. The van der Waals surface area contributed by atoms with Crippen LogP contribution in [0.3, 0.4) is 0 Å². The number of rotatable bonds is 1. The van der Waals surface area contributed by atoms with Crippen LogP contribution in [0.5, 0.6) is 0 Å². The average Bonchev–Trinajstić information content (AvgIpc) is 2.07. The van der Waals surface area contributed by atoms with E-state index < -0.39 is 0 Å². The van der Waals surface area contributed by atoms with Gasteiger partial charge in [-0.1, -0.05) is 11.6 Å². The Bertz CT molecular complexity index is 355. The zero-order valence-electron chi connectivity index (χ0n) is 5.96. The van der Waals surface area contributed by atoms with E-state index >= 15 is 0 Å². The second kappa shape index (κ2) is 4.24. The van der Waals surface area contributed by atoms with Crippen molar-refractivity contribution in [3.63, 3.8) is 0 Å². The lowest BCUT2D eigenvalue weighted by Gasteiger charge is -1.96. The first-order valence-electron chi connectivity index (χ1n) is 3.11. The molecule has 0 unspecified atom stereocenters. The lowest BCUT2D eigenvalue weighted by Crippen LogP contribution is -1.79. The van der Waals surface area contributed by atoms with Gasteiger partial charge in [0, 0.05) is 16.7 Å². The summed E-state index contributed by atoms with van der Waals surface area (Å²) in [5, 5.41) is 8.70. The van der Waals surface area contributed by atoms with Gasteiger partial charge in [-0.2, -0.15) is 5.26 Å². The number of aromatic nitrogens is 1. The van der Waals surface area contributed by atoms with E-state index in [1.807, 2.05) is 6.07 Å². The number of halogens is 2. The van der Waals surface area contributed by atoms with Crippen molar-refractivity contribution in [1.29, 1.82) is 5.26 Å². The zero-order valence-corrected chi connectivity index (χ0v) is 8.30. The minimum Gasteiger partial charge on any atom is -0.243 e. The van der Waals surface area contributed by atoms with E-state index in [2.05, 4.69) is 20.9 Å². The van der Waals surface area contributed by atoms with Crippen molar-refractivity contribution in [2.45, 2.75) is 0 Å². The normalized spacial score (nSPS) is 10.1. The Kier molecular flexibility index (Phi) is 3.27. The lowest BCUT2D eigenvalue weighted by molar-refractivity contribution is 1.30. The molecule has 12 heavy (non-hydrogen) atoms. The number of pyridine rings is 1. The molecule has 0 radical (unpaired) electrons. The first kappa shape index (κ1) is 9.24. The van der Waals surface area contributed by atoms with Crippen molar-refractivity contribution < 1.29 is 0 Å². The SMILES string of the molecule is N#CC=Cc1cc(Cl)ncc1Br. The van der Waals surface area contributed by atoms with Crippen molar-refractivity contribution in [3.8, 4) is 6.07 Å². The Hall–Kier alpha value is -0.850. The van der Waals surface area contributed by atoms with Crippen LogP contribution in [-0.4, -0.2) is 4.98 Å². The number of hydrogen-bond donors (Lipinski definition) is 0. The summed E-state index contributed by atoms with van der Waals surface area (Å²) in [6, 6.07) is 3.58. The van der Waals surface area contributed by atoms with Crippen LogP contribution in [0.1, 0.15) is 5.56 Å². The largest absolute Gasteiger partial charge is 0.243 e. The molecule has 1 heterocycles. The van der Waals surface area contributed by atoms with Gasteiger partial charge in [0.05, 0.1) is 6.07 Å². The van der Waals surface area contributed by atoms with E-state index in [1.54, 1.807) is 18.3 Å². The van der Waals surface area contributed by atoms with E-state index in [1.165, 1.54) is 6.08 Å². The minimum atomic E-state index is 0.413. The maximum absolute atomic E-state index is 8.29. The topological polar surface area (TPSA) is 36.7 Å². The molecule has 0 N–H and O–H groups in total. The standard InChI is InChI=1S/C8H4BrClN2/c9-7-5-12-8(10)4-6(7)2-1-3-11/h1-2,4-5H. The van der Waals surface area contributed by atoms with Gasteiger partial charge in [0.1, 0.15) is 5.15 Å². The van der Waals surface area contributed by atoms with Crippen molar-refractivity contribution in [2.24, 2.45) is 0 Å². The van der Waals surface area contributed by atoms with Crippen molar-refractivity contribution >= 4 is 33.6 Å². The summed E-state index contributed by atoms with van der Waals surface area (Å²) >= 11 is 8.93. The summed E-state index contributed by atoms with van der Waals surface area (Å²) in [5.41, 5.74) is 0.844. The van der Waals surface area contributed by atoms with Gasteiger partial charge >= 0.3 is 0 Å². The van der Waals surface area contributed by atoms with Gasteiger partial charge in [0.15, 0.2) is 0 Å². The van der Waals surface area contributed by atoms with Gasteiger partial charge in [-0.3, -0.25) is 0 Å². The average molecular weight is 243 g/mol. The van der Waals surface area contributed by atoms with Crippen molar-refractivity contribution in [2.75, 3.05) is 0 Å². The van der Waals surface area contributed by atoms with Crippen LogP contribution >= 0.6 is 27.5 Å². The molecule has 1 rings (SSSR count). The molecule has 0 fully saturated rings. The van der Waals surface area contributed by atoms with E-state index in [0.717, 1.165) is 10.0 Å². The van der Waals surface area contributed by atoms with E-state index in [0.29, 0.717) is 5.15 Å². The molecular formula is C8H4BrClN2. The van der Waals surface area contributed by atoms with Gasteiger partial charge < -0.3 is 0 Å². The smallest absolute Gasteiger partial charge is 0.129 e. The fourth-order valence-corrected chi connectivity index (χ4v) is 1.20. The monoisotopic (exact) mass is 242 g/mol. The van der Waals surface area contributed by atoms with Crippen molar-refractivity contribution in [3.05, 3.63) is 33.5 Å². The molecule has 1 aromatic rings. The highest BCUT2D eigenvalue weighted by atomic mass is 79.9. The summed E-state index contributed by atoms with van der Waals surface area (Å²) in [7, 11) is 0. The third-order valence-corrected chi connectivity index (χ3v) is 2.06. The Morgan fingerprint density at radius 3 is 3.08 bits per heavy atom. The molecule has 0 aliphatic carbocycles. The van der Waals surface area contributed by atoms with E-state index in [9.17, 15) is 0 Å². The molecule has 60 valence electrons. The molecule has 0 spiro atoms. The molecule has 0 amide bonds. The molecule has 0 bridgehead atoms. The molecule has 0 saturated heterocycles. The number of nitrogens with zero attached hydrogens (tertiary/aromatic N) is 2. The molecule has 0 aliphatic heterocycles. The number of nitriles is 1. The molecule has 0 saturated carbocycles. The highest BCUT2D eigenvalue weighted by molar-refractivity contribution is 9.10. The zero-order chi connectivity index (χ0) is 8.97. The lowest BCUT2D eigenvalue weighted by atomic mass is 10.2. The van der Waals surface area contributed by atoms with Crippen LogP contribution in [0.4, 0.5) is 0 Å². The summed E-state index contributed by atoms with van der Waals surface area (Å²) < 4.78 is 0.818. The van der Waals surface area contributed by atoms with Gasteiger partial charge in [-0.15, -0.1) is 0 Å². The summed E-state index contributed by atoms with van der Waals surface area (Å²) in [6.45, 7) is 0. The highest BCUT2D eigenvalue weighted by Crippen LogP contribution is 2.19. The maximum atomic E-state index is 8.29. The molecule has 0 atom stereocenters. The Labute approximate surface area is 83.6 Å². The van der Waals surface area contributed by atoms with Crippen LogP contribution in [-0.2, 0) is 0 Å². The fraction of sp³-hybridized carbons (Fsp3) is 0. The molecule has 1 aromatic heterocycles. The first-order chi connectivity index (χ1) is 5.74. The number of allylic oxidation sites excluding steroid dienone is 1. The first-order valence-corrected chi connectivity index (χ1v) is 4.28. The fourth-order valence-electron chi connectivity index (χ4n) is 0.682. The predicted octanol–water partition coefficient (Wildman–Crippen LogP) is 3.03. The third-order valence-electron chi connectivity index (χ3n) is 1.19. The molecule has 0 aliphatic rings. The van der Waals surface area contributed by atoms with Crippen LogP contribution < -0.4 is 0 Å². The summed E-state index contributed by atoms with van der Waals surface area (Å²) in [4.78, 5) is 3.85. The number of hydrogen-bond acceptors (Lipinski definition) is 2. The Morgan fingerprint density at radius 2 is 2.42 bits per heavy atom. The van der Waals surface area contributed by atoms with Gasteiger partial charge in [0.2, 0.25) is 0 Å². The van der Waals surface area contributed by atoms with Crippen molar-refractivity contribution in [1.82, 2.24) is 4.98 Å². The maximum Gasteiger partial charge on any atom is 0.129 e. The quantitative estimate of drug-likeness (QED) is 0.561. The Morgan fingerprint density at radius 1 is 1.67 bits per heavy atom. The summed E-state index contributed by atoms with van der Waals surface area (Å²) in [5.74, 6) is 0. The van der Waals surface area contributed by atoms with Gasteiger partial charge in [-0.05, 0) is 33.6 Å². The second-order valence-corrected chi connectivity index (χ2v) is 3.23. The van der Waals surface area contributed by atoms with Crippen LogP contribution in [0, 0.1) is 11.3 Å². The second-order valence-electron chi connectivity index (χ2n) is 1.99. The van der Waals surface area contributed by atoms with Gasteiger partial charge in [0.25, 0.3) is 0 Å². The minimum absolute atomic E-state index is 0.413. The van der Waals surface area contributed by atoms with Crippen LogP contribution in [0.2, 0.25) is 5.15 Å². The predicted molar refractivity (Wildman–Crippen MR) is 51.6 cm³/mol. The molecular weight excluding hydrogens is 239 g/mol. The Balaban J connectivity index is 3.07. The van der Waals surface area contributed by atoms with E-state index in [4.69, 9.17) is 16.9 Å².